The lowest BCUT2D eigenvalue weighted by molar-refractivity contribution is 0.388. The second-order valence-corrected chi connectivity index (χ2v) is 6.99. The fraction of sp³-hybridized carbons (Fsp3) is 0.500. The summed E-state index contributed by atoms with van der Waals surface area (Å²) in [6.45, 7) is 6.45. The molecule has 1 aliphatic rings. The Morgan fingerprint density at radius 3 is 2.86 bits per heavy atom. The van der Waals surface area contributed by atoms with Crippen molar-refractivity contribution in [3.8, 4) is 0 Å². The van der Waals surface area contributed by atoms with Gasteiger partial charge in [0, 0.05) is 47.3 Å². The number of aryl methyl sites for hydroxylation is 1. The summed E-state index contributed by atoms with van der Waals surface area (Å²) in [5.74, 6) is 0.851. The lowest BCUT2D eigenvalue weighted by Crippen LogP contribution is -2.46. The van der Waals surface area contributed by atoms with Gasteiger partial charge in [0.25, 0.3) is 0 Å². The average molecular weight is 302 g/mol. The van der Waals surface area contributed by atoms with Crippen LogP contribution in [0.5, 0.6) is 0 Å². The molecule has 2 unspecified atom stereocenters. The summed E-state index contributed by atoms with van der Waals surface area (Å²) >= 11 is 1.88. The van der Waals surface area contributed by atoms with Crippen molar-refractivity contribution in [2.45, 2.75) is 38.8 Å². The molecule has 2 atom stereocenters. The van der Waals surface area contributed by atoms with E-state index in [2.05, 4.69) is 46.2 Å². The topological polar surface area (TPSA) is 41.0 Å². The Kier molecular flexibility index (Phi) is 4.51. The molecule has 21 heavy (non-hydrogen) atoms. The maximum Gasteiger partial charge on any atom is 0.225 e. The van der Waals surface area contributed by atoms with Crippen molar-refractivity contribution in [2.75, 3.05) is 18.0 Å². The highest BCUT2D eigenvalue weighted by molar-refractivity contribution is 7.12. The van der Waals surface area contributed by atoms with Crippen LogP contribution in [0.15, 0.2) is 30.6 Å². The lowest BCUT2D eigenvalue weighted by Gasteiger charge is -2.34. The maximum absolute atomic E-state index is 4.37. The van der Waals surface area contributed by atoms with Gasteiger partial charge in [-0.3, -0.25) is 0 Å². The van der Waals surface area contributed by atoms with Gasteiger partial charge in [-0.05, 0) is 44.9 Å². The first-order valence-corrected chi connectivity index (χ1v) is 8.38. The van der Waals surface area contributed by atoms with Crippen LogP contribution in [0.2, 0.25) is 0 Å². The van der Waals surface area contributed by atoms with Gasteiger partial charge in [0.05, 0.1) is 0 Å². The van der Waals surface area contributed by atoms with Crippen molar-refractivity contribution in [1.82, 2.24) is 15.3 Å². The van der Waals surface area contributed by atoms with Crippen LogP contribution in [0.4, 0.5) is 5.95 Å². The third kappa shape index (κ3) is 3.60. The Labute approximate surface area is 130 Å². The van der Waals surface area contributed by atoms with Crippen LogP contribution < -0.4 is 10.2 Å². The predicted molar refractivity (Wildman–Crippen MR) is 87.9 cm³/mol. The van der Waals surface area contributed by atoms with E-state index in [-0.39, 0.29) is 0 Å². The summed E-state index contributed by atoms with van der Waals surface area (Å²) in [5.41, 5.74) is 0. The minimum Gasteiger partial charge on any atom is -0.339 e. The van der Waals surface area contributed by atoms with Gasteiger partial charge in [-0.1, -0.05) is 0 Å². The van der Waals surface area contributed by atoms with Crippen LogP contribution in [0.1, 0.15) is 35.6 Å². The molecule has 1 N–H and O–H groups in total. The number of nitrogens with zero attached hydrogens (tertiary/aromatic N) is 3. The van der Waals surface area contributed by atoms with E-state index >= 15 is 0 Å². The Morgan fingerprint density at radius 2 is 2.14 bits per heavy atom. The second-order valence-electron chi connectivity index (χ2n) is 5.67. The standard InChI is InChI=1S/C16H22N4S/c1-12-6-7-15(21-12)13(2)19-14-5-3-10-20(11-14)16-17-8-4-9-18-16/h4,6-9,13-14,19H,3,5,10-11H2,1-2H3. The summed E-state index contributed by atoms with van der Waals surface area (Å²) in [6, 6.07) is 7.21. The molecular formula is C16H22N4S. The van der Waals surface area contributed by atoms with Crippen LogP contribution in [-0.4, -0.2) is 29.1 Å². The minimum atomic E-state index is 0.408. The van der Waals surface area contributed by atoms with Crippen LogP contribution in [0.3, 0.4) is 0 Å². The number of aromatic nitrogens is 2. The van der Waals surface area contributed by atoms with Crippen molar-refractivity contribution in [1.29, 1.82) is 0 Å². The first-order chi connectivity index (χ1) is 10.2. The Hall–Kier alpha value is -1.46. The van der Waals surface area contributed by atoms with Gasteiger partial charge in [0.2, 0.25) is 5.95 Å². The van der Waals surface area contributed by atoms with E-state index in [1.165, 1.54) is 22.6 Å². The van der Waals surface area contributed by atoms with Crippen molar-refractivity contribution in [2.24, 2.45) is 0 Å². The molecule has 4 nitrogen and oxygen atoms in total. The zero-order chi connectivity index (χ0) is 14.7. The molecule has 1 fully saturated rings. The fourth-order valence-electron chi connectivity index (χ4n) is 2.87. The smallest absolute Gasteiger partial charge is 0.225 e. The van der Waals surface area contributed by atoms with E-state index in [9.17, 15) is 0 Å². The van der Waals surface area contributed by atoms with Gasteiger partial charge in [-0.15, -0.1) is 11.3 Å². The van der Waals surface area contributed by atoms with Crippen LogP contribution in [-0.2, 0) is 0 Å². The highest BCUT2D eigenvalue weighted by Crippen LogP contribution is 2.24. The van der Waals surface area contributed by atoms with Gasteiger partial charge in [-0.2, -0.15) is 0 Å². The zero-order valence-electron chi connectivity index (χ0n) is 12.6. The van der Waals surface area contributed by atoms with Gasteiger partial charge in [0.1, 0.15) is 0 Å². The Bertz CT molecular complexity index is 569. The Balaban J connectivity index is 1.61. The molecule has 0 bridgehead atoms. The first kappa shape index (κ1) is 14.5. The number of hydrogen-bond donors (Lipinski definition) is 1. The lowest BCUT2D eigenvalue weighted by atomic mass is 10.0. The molecule has 0 spiro atoms. The van der Waals surface area contributed by atoms with Crippen LogP contribution in [0.25, 0.3) is 0 Å². The number of rotatable bonds is 4. The molecule has 0 radical (unpaired) electrons. The first-order valence-electron chi connectivity index (χ1n) is 7.57. The van der Waals surface area contributed by atoms with E-state index < -0.39 is 0 Å². The van der Waals surface area contributed by atoms with Crippen molar-refractivity contribution in [3.63, 3.8) is 0 Å². The molecule has 5 heteroatoms. The minimum absolute atomic E-state index is 0.408. The molecule has 0 amide bonds. The molecule has 3 heterocycles. The molecule has 0 aromatic carbocycles. The predicted octanol–water partition coefficient (Wildman–Crippen LogP) is 3.17. The van der Waals surface area contributed by atoms with E-state index in [0.29, 0.717) is 12.1 Å². The molecule has 0 aliphatic carbocycles. The number of nitrogens with one attached hydrogen (secondary N) is 1. The molecule has 2 aromatic rings. The van der Waals surface area contributed by atoms with Crippen molar-refractivity contribution < 1.29 is 0 Å². The summed E-state index contributed by atoms with van der Waals surface area (Å²) in [6.07, 6.45) is 6.04. The molecule has 112 valence electrons. The fourth-order valence-corrected chi connectivity index (χ4v) is 3.76. The van der Waals surface area contributed by atoms with E-state index in [1.807, 2.05) is 29.8 Å². The summed E-state index contributed by atoms with van der Waals surface area (Å²) in [7, 11) is 0. The van der Waals surface area contributed by atoms with Crippen molar-refractivity contribution in [3.05, 3.63) is 40.3 Å². The molecule has 3 rings (SSSR count). The average Bonchev–Trinajstić information content (AvgIpc) is 2.95. The zero-order valence-corrected chi connectivity index (χ0v) is 13.4. The number of anilines is 1. The summed E-state index contributed by atoms with van der Waals surface area (Å²) in [5, 5.41) is 3.76. The SMILES string of the molecule is Cc1ccc(C(C)NC2CCCN(c3ncccn3)C2)s1. The number of piperidine rings is 1. The van der Waals surface area contributed by atoms with E-state index in [1.54, 1.807) is 0 Å². The van der Waals surface area contributed by atoms with E-state index in [0.717, 1.165) is 19.0 Å². The van der Waals surface area contributed by atoms with Crippen LogP contribution >= 0.6 is 11.3 Å². The molecule has 1 saturated heterocycles. The van der Waals surface area contributed by atoms with Gasteiger partial charge >= 0.3 is 0 Å². The molecular weight excluding hydrogens is 280 g/mol. The maximum atomic E-state index is 4.37. The largest absolute Gasteiger partial charge is 0.339 e. The molecule has 0 saturated carbocycles. The van der Waals surface area contributed by atoms with Gasteiger partial charge < -0.3 is 10.2 Å². The van der Waals surface area contributed by atoms with Crippen molar-refractivity contribution >= 4 is 17.3 Å². The normalized spacial score (nSPS) is 20.5. The number of hydrogen-bond acceptors (Lipinski definition) is 5. The highest BCUT2D eigenvalue weighted by atomic mass is 32.1. The monoisotopic (exact) mass is 302 g/mol. The number of thiophene rings is 1. The van der Waals surface area contributed by atoms with E-state index in [4.69, 9.17) is 0 Å². The summed E-state index contributed by atoms with van der Waals surface area (Å²) in [4.78, 5) is 13.8. The van der Waals surface area contributed by atoms with Gasteiger partial charge in [0.15, 0.2) is 0 Å². The summed E-state index contributed by atoms with van der Waals surface area (Å²) < 4.78 is 0. The Morgan fingerprint density at radius 1 is 1.33 bits per heavy atom. The van der Waals surface area contributed by atoms with Gasteiger partial charge in [-0.25, -0.2) is 9.97 Å². The third-order valence-corrected chi connectivity index (χ3v) is 5.11. The van der Waals surface area contributed by atoms with Crippen LogP contribution in [0, 0.1) is 6.92 Å². The highest BCUT2D eigenvalue weighted by Gasteiger charge is 2.23. The molecule has 1 aliphatic heterocycles. The third-order valence-electron chi connectivity index (χ3n) is 3.93. The quantitative estimate of drug-likeness (QED) is 0.942. The molecule has 2 aromatic heterocycles. The second kappa shape index (κ2) is 6.54.